The van der Waals surface area contributed by atoms with Gasteiger partial charge in [0.05, 0.1) is 24.4 Å². The number of epoxide rings is 2. The topological polar surface area (TPSA) is 25.1 Å². The summed E-state index contributed by atoms with van der Waals surface area (Å²) in [4.78, 5) is 0. The summed E-state index contributed by atoms with van der Waals surface area (Å²) in [5.41, 5.74) is 1.06. The van der Waals surface area contributed by atoms with Crippen molar-refractivity contribution < 1.29 is 9.47 Å². The van der Waals surface area contributed by atoms with Crippen LogP contribution in [0.2, 0.25) is 18.6 Å². The molecule has 0 N–H and O–H groups in total. The molecule has 0 aromatic heterocycles. The largest absolute Gasteiger partial charge is 0.370 e. The third kappa shape index (κ3) is 2.08. The van der Waals surface area contributed by atoms with E-state index in [-0.39, 0.29) is 0 Å². The van der Waals surface area contributed by atoms with Crippen LogP contribution in [0.5, 0.6) is 0 Å². The molecule has 0 amide bonds. The maximum atomic E-state index is 5.75. The number of hydrogen-bond donors (Lipinski definition) is 0. The van der Waals surface area contributed by atoms with Gasteiger partial charge in [-0.3, -0.25) is 0 Å². The van der Waals surface area contributed by atoms with Crippen LogP contribution in [0.4, 0.5) is 0 Å². The first-order chi connectivity index (χ1) is 8.72. The molecule has 0 aromatic rings. The number of ether oxygens (including phenoxy) is 2. The molecule has 4 aliphatic rings. The lowest BCUT2D eigenvalue weighted by atomic mass is 9.77. The summed E-state index contributed by atoms with van der Waals surface area (Å²) in [6.07, 6.45) is 11.0. The van der Waals surface area contributed by atoms with Crippen LogP contribution < -0.4 is 0 Å². The Bertz CT molecular complexity index is 304. The lowest BCUT2D eigenvalue weighted by molar-refractivity contribution is 0.261. The zero-order valence-electron chi connectivity index (χ0n) is 11.7. The van der Waals surface area contributed by atoms with Crippen LogP contribution in [-0.4, -0.2) is 33.2 Å². The van der Waals surface area contributed by atoms with Crippen LogP contribution in [0.1, 0.15) is 38.5 Å². The Kier molecular flexibility index (Phi) is 2.86. The first-order valence-corrected chi connectivity index (χ1v) is 11.0. The molecule has 0 radical (unpaired) electrons. The molecular weight excluding hydrogens is 240 g/mol. The molecule has 2 saturated heterocycles. The highest BCUT2D eigenvalue weighted by atomic mass is 28.3. The van der Waals surface area contributed by atoms with Crippen molar-refractivity contribution >= 4 is 8.80 Å². The molecule has 102 valence electrons. The fraction of sp³-hybridized carbons (Fsp3) is 1.00. The van der Waals surface area contributed by atoms with Gasteiger partial charge >= 0.3 is 0 Å². The number of rotatable bonds is 3. The molecule has 3 heteroatoms. The number of hydrogen-bond acceptors (Lipinski definition) is 2. The highest BCUT2D eigenvalue weighted by Gasteiger charge is 2.50. The fourth-order valence-corrected chi connectivity index (χ4v) is 7.92. The average Bonchev–Trinajstić information content (AvgIpc) is 3.22. The van der Waals surface area contributed by atoms with Crippen molar-refractivity contribution in [2.45, 2.75) is 81.6 Å². The minimum absolute atomic E-state index is 0.561. The average molecular weight is 266 g/mol. The lowest BCUT2D eigenvalue weighted by Gasteiger charge is -2.38. The van der Waals surface area contributed by atoms with Gasteiger partial charge in [-0.15, -0.1) is 0 Å². The zero-order chi connectivity index (χ0) is 12.3. The third-order valence-electron chi connectivity index (χ3n) is 5.95. The predicted molar refractivity (Wildman–Crippen MR) is 74.6 cm³/mol. The minimum Gasteiger partial charge on any atom is -0.370 e. The van der Waals surface area contributed by atoms with Crippen molar-refractivity contribution in [2.24, 2.45) is 11.8 Å². The molecular formula is C15H26O2Si. The summed E-state index contributed by atoms with van der Waals surface area (Å²) >= 11 is 0. The Hall–Kier alpha value is 0.137. The minimum atomic E-state index is -0.561. The molecule has 18 heavy (non-hydrogen) atoms. The van der Waals surface area contributed by atoms with Crippen molar-refractivity contribution in [1.82, 2.24) is 0 Å². The quantitative estimate of drug-likeness (QED) is 0.579. The molecule has 6 atom stereocenters. The van der Waals surface area contributed by atoms with E-state index in [1.807, 2.05) is 0 Å². The van der Waals surface area contributed by atoms with Gasteiger partial charge in [0.2, 0.25) is 0 Å². The molecule has 4 fully saturated rings. The molecule has 2 aliphatic heterocycles. The van der Waals surface area contributed by atoms with E-state index in [2.05, 4.69) is 13.1 Å². The van der Waals surface area contributed by atoms with Crippen LogP contribution >= 0.6 is 0 Å². The molecule has 2 heterocycles. The van der Waals surface area contributed by atoms with Crippen molar-refractivity contribution in [1.29, 1.82) is 0 Å². The second-order valence-corrected chi connectivity index (χ2v) is 10.7. The molecule has 6 unspecified atom stereocenters. The molecule has 2 nitrogen and oxygen atoms in total. The molecule has 2 aliphatic carbocycles. The van der Waals surface area contributed by atoms with Crippen LogP contribution in [-0.2, 0) is 9.47 Å². The van der Waals surface area contributed by atoms with Gasteiger partial charge < -0.3 is 9.47 Å². The SMILES string of the molecule is C[SiH](C)C(C1CCC2OC2C1)C1CCC2OC2C1. The van der Waals surface area contributed by atoms with Crippen molar-refractivity contribution in [3.05, 3.63) is 0 Å². The highest BCUT2D eigenvalue weighted by Crippen LogP contribution is 2.52. The molecule has 0 spiro atoms. The van der Waals surface area contributed by atoms with Gasteiger partial charge in [-0.25, -0.2) is 0 Å². The first-order valence-electron chi connectivity index (χ1n) is 8.03. The van der Waals surface area contributed by atoms with E-state index in [1.54, 1.807) is 0 Å². The Morgan fingerprint density at radius 2 is 1.28 bits per heavy atom. The first kappa shape index (κ1) is 11.9. The van der Waals surface area contributed by atoms with Crippen LogP contribution in [0.25, 0.3) is 0 Å². The summed E-state index contributed by atoms with van der Waals surface area (Å²) in [5.74, 6) is 1.97. The van der Waals surface area contributed by atoms with E-state index < -0.39 is 8.80 Å². The number of fused-ring (bicyclic) bond motifs is 2. The maximum Gasteiger partial charge on any atom is 0.0844 e. The molecule has 0 bridgehead atoms. The summed E-state index contributed by atoms with van der Waals surface area (Å²) < 4.78 is 11.5. The smallest absolute Gasteiger partial charge is 0.0844 e. The van der Waals surface area contributed by atoms with Gasteiger partial charge in [0.1, 0.15) is 0 Å². The van der Waals surface area contributed by atoms with Crippen molar-refractivity contribution in [2.75, 3.05) is 0 Å². The van der Waals surface area contributed by atoms with Crippen LogP contribution in [0.3, 0.4) is 0 Å². The van der Waals surface area contributed by atoms with Crippen LogP contribution in [0, 0.1) is 11.8 Å². The van der Waals surface area contributed by atoms with Crippen LogP contribution in [0.15, 0.2) is 0 Å². The van der Waals surface area contributed by atoms with Crippen molar-refractivity contribution in [3.63, 3.8) is 0 Å². The van der Waals surface area contributed by atoms with Gasteiger partial charge in [0, 0.05) is 8.80 Å². The monoisotopic (exact) mass is 266 g/mol. The maximum absolute atomic E-state index is 5.75. The third-order valence-corrected chi connectivity index (χ3v) is 8.58. The summed E-state index contributed by atoms with van der Waals surface area (Å²) in [5, 5.41) is 0. The highest BCUT2D eigenvalue weighted by molar-refractivity contribution is 6.57. The lowest BCUT2D eigenvalue weighted by Crippen LogP contribution is -2.33. The molecule has 2 saturated carbocycles. The summed E-state index contributed by atoms with van der Waals surface area (Å²) in [6.45, 7) is 5.15. The van der Waals surface area contributed by atoms with E-state index in [9.17, 15) is 0 Å². The normalized spacial score (nSPS) is 51.5. The zero-order valence-corrected chi connectivity index (χ0v) is 12.8. The second kappa shape index (κ2) is 4.32. The Labute approximate surface area is 112 Å². The van der Waals surface area contributed by atoms with Gasteiger partial charge in [-0.2, -0.15) is 0 Å². The van der Waals surface area contributed by atoms with Crippen molar-refractivity contribution in [3.8, 4) is 0 Å². The molecule has 0 aromatic carbocycles. The summed E-state index contributed by atoms with van der Waals surface area (Å²) in [6, 6.07) is 0. The Morgan fingerprint density at radius 1 is 0.778 bits per heavy atom. The second-order valence-electron chi connectivity index (χ2n) is 7.39. The predicted octanol–water partition coefficient (Wildman–Crippen LogP) is 2.98. The van der Waals surface area contributed by atoms with E-state index in [0.717, 1.165) is 17.4 Å². The van der Waals surface area contributed by atoms with Gasteiger partial charge in [0.25, 0.3) is 0 Å². The standard InChI is InChI=1S/C15H26O2Si/c1-18(2)15(9-3-5-11-13(7-9)16-11)10-4-6-12-14(8-10)17-12/h9-15,18H,3-8H2,1-2H3. The van der Waals surface area contributed by atoms with Gasteiger partial charge in [-0.1, -0.05) is 13.1 Å². The van der Waals surface area contributed by atoms with E-state index in [0.29, 0.717) is 24.4 Å². The fourth-order valence-electron chi connectivity index (χ4n) is 5.04. The van der Waals surface area contributed by atoms with E-state index in [4.69, 9.17) is 9.47 Å². The Morgan fingerprint density at radius 3 is 1.67 bits per heavy atom. The van der Waals surface area contributed by atoms with Gasteiger partial charge in [-0.05, 0) is 55.9 Å². The van der Waals surface area contributed by atoms with Gasteiger partial charge in [0.15, 0.2) is 0 Å². The van der Waals surface area contributed by atoms with E-state index in [1.165, 1.54) is 38.5 Å². The molecule has 4 rings (SSSR count). The summed E-state index contributed by atoms with van der Waals surface area (Å²) in [7, 11) is -0.561. The Balaban J connectivity index is 1.45. The van der Waals surface area contributed by atoms with E-state index >= 15 is 0 Å².